The molecule has 32 heavy (non-hydrogen) atoms. The molecule has 2 bridgehead atoms. The van der Waals surface area contributed by atoms with Gasteiger partial charge in [-0.15, -0.1) is 0 Å². The molecule has 0 saturated heterocycles. The number of anilines is 1. The molecule has 1 amide bonds. The Kier molecular flexibility index (Phi) is 4.43. The zero-order valence-corrected chi connectivity index (χ0v) is 19.8. The van der Waals surface area contributed by atoms with Gasteiger partial charge in [0, 0.05) is 11.1 Å². The van der Waals surface area contributed by atoms with Crippen molar-refractivity contribution in [3.63, 3.8) is 0 Å². The summed E-state index contributed by atoms with van der Waals surface area (Å²) in [6, 6.07) is 11.8. The highest BCUT2D eigenvalue weighted by atomic mass is 16.5. The van der Waals surface area contributed by atoms with Crippen molar-refractivity contribution in [2.75, 3.05) is 11.9 Å². The Labute approximate surface area is 189 Å². The molecular weight excluding hydrogens is 398 g/mol. The molecule has 3 aromatic rings. The van der Waals surface area contributed by atoms with Crippen LogP contribution in [0.5, 0.6) is 5.75 Å². The van der Waals surface area contributed by atoms with Gasteiger partial charge < -0.3 is 10.1 Å². The van der Waals surface area contributed by atoms with Gasteiger partial charge in [-0.1, -0.05) is 20.8 Å². The molecule has 2 aromatic carbocycles. The lowest BCUT2D eigenvalue weighted by atomic mass is 9.63. The predicted molar refractivity (Wildman–Crippen MR) is 127 cm³/mol. The highest BCUT2D eigenvalue weighted by molar-refractivity contribution is 6.02. The van der Waals surface area contributed by atoms with Gasteiger partial charge in [-0.2, -0.15) is 0 Å². The minimum atomic E-state index is -0.713. The Morgan fingerprint density at radius 1 is 0.969 bits per heavy atom. The predicted octanol–water partition coefficient (Wildman–Crippen LogP) is 5.61. The topological polar surface area (TPSA) is 64.1 Å². The molecule has 1 aromatic heterocycles. The van der Waals surface area contributed by atoms with Gasteiger partial charge in [0.1, 0.15) is 5.75 Å². The van der Waals surface area contributed by atoms with E-state index in [0.717, 1.165) is 46.7 Å². The van der Waals surface area contributed by atoms with Crippen LogP contribution in [0.1, 0.15) is 63.1 Å². The van der Waals surface area contributed by atoms with E-state index in [1.165, 1.54) is 11.1 Å². The first-order chi connectivity index (χ1) is 15.1. The lowest BCUT2D eigenvalue weighted by Crippen LogP contribution is -2.48. The Bertz CT molecular complexity index is 1250. The van der Waals surface area contributed by atoms with Crippen molar-refractivity contribution >= 4 is 22.6 Å². The lowest BCUT2D eigenvalue weighted by molar-refractivity contribution is -0.125. The van der Waals surface area contributed by atoms with Crippen LogP contribution in [-0.2, 0) is 15.6 Å². The number of nitrogens with zero attached hydrogens (tertiary/aromatic N) is 2. The third kappa shape index (κ3) is 2.54. The molecule has 1 saturated carbocycles. The fraction of sp³-hybridized carbons (Fsp3) is 0.444. The van der Waals surface area contributed by atoms with E-state index in [1.807, 2.05) is 31.2 Å². The number of hydrogen-bond acceptors (Lipinski definition) is 4. The number of aryl methyl sites for hydroxylation is 2. The summed E-state index contributed by atoms with van der Waals surface area (Å²) < 4.78 is 5.53. The number of aromatic nitrogens is 2. The molecule has 5 rings (SSSR count). The molecule has 2 aliphatic rings. The Morgan fingerprint density at radius 3 is 2.16 bits per heavy atom. The first-order valence-corrected chi connectivity index (χ1v) is 11.5. The number of rotatable bonds is 4. The minimum Gasteiger partial charge on any atom is -0.494 e. The summed E-state index contributed by atoms with van der Waals surface area (Å²) in [6.45, 7) is 13.4. The summed E-state index contributed by atoms with van der Waals surface area (Å²) in [6.07, 6.45) is 1.70. The Hall–Kier alpha value is -2.95. The van der Waals surface area contributed by atoms with Crippen LogP contribution >= 0.6 is 0 Å². The van der Waals surface area contributed by atoms with Crippen LogP contribution in [0.25, 0.3) is 11.0 Å². The first-order valence-electron chi connectivity index (χ1n) is 11.5. The van der Waals surface area contributed by atoms with Crippen molar-refractivity contribution in [3.05, 3.63) is 58.9 Å². The standard InChI is InChI=1S/C27H31N3O2/c1-7-32-19-10-8-18(9-11-19)28-24(31)27-13-12-26(6,25(27,4)5)22-23(27)30-21-15-17(3)16(2)14-20(21)29-22/h8-11,14-15H,7,12-13H2,1-6H3,(H,28,31). The second-order valence-corrected chi connectivity index (χ2v) is 10.1. The van der Waals surface area contributed by atoms with Crippen LogP contribution in [0.2, 0.25) is 0 Å². The van der Waals surface area contributed by atoms with Gasteiger partial charge in [0.2, 0.25) is 5.91 Å². The van der Waals surface area contributed by atoms with Crippen molar-refractivity contribution < 1.29 is 9.53 Å². The number of carbonyl (C=O) groups is 1. The van der Waals surface area contributed by atoms with Gasteiger partial charge in [-0.25, -0.2) is 9.97 Å². The van der Waals surface area contributed by atoms with Gasteiger partial charge in [-0.05, 0) is 86.6 Å². The number of benzene rings is 2. The molecule has 0 aliphatic heterocycles. The fourth-order valence-corrected chi connectivity index (χ4v) is 5.90. The third-order valence-corrected chi connectivity index (χ3v) is 8.46. The molecule has 5 heteroatoms. The van der Waals surface area contributed by atoms with E-state index in [4.69, 9.17) is 14.7 Å². The highest BCUT2D eigenvalue weighted by Crippen LogP contribution is 2.70. The van der Waals surface area contributed by atoms with E-state index < -0.39 is 5.41 Å². The summed E-state index contributed by atoms with van der Waals surface area (Å²) in [5.41, 5.74) is 5.58. The van der Waals surface area contributed by atoms with E-state index in [-0.39, 0.29) is 16.7 Å². The van der Waals surface area contributed by atoms with Crippen molar-refractivity contribution in [3.8, 4) is 5.75 Å². The second kappa shape index (κ2) is 6.77. The number of carbonyl (C=O) groups excluding carboxylic acids is 1. The number of hydrogen-bond donors (Lipinski definition) is 1. The van der Waals surface area contributed by atoms with Gasteiger partial charge in [-0.3, -0.25) is 4.79 Å². The molecule has 0 radical (unpaired) electrons. The van der Waals surface area contributed by atoms with Crippen LogP contribution < -0.4 is 10.1 Å². The first kappa shape index (κ1) is 20.9. The molecular formula is C27H31N3O2. The van der Waals surface area contributed by atoms with E-state index in [0.29, 0.717) is 6.61 Å². The number of amides is 1. The van der Waals surface area contributed by atoms with Crippen LogP contribution in [0, 0.1) is 19.3 Å². The number of fused-ring (bicyclic) bond motifs is 6. The van der Waals surface area contributed by atoms with Gasteiger partial charge in [0.15, 0.2) is 0 Å². The largest absolute Gasteiger partial charge is 0.494 e. The molecule has 1 fully saturated rings. The van der Waals surface area contributed by atoms with Crippen molar-refractivity contribution in [2.45, 2.75) is 65.2 Å². The average molecular weight is 430 g/mol. The maximum Gasteiger partial charge on any atom is 0.237 e. The fourth-order valence-electron chi connectivity index (χ4n) is 5.90. The molecule has 2 aliphatic carbocycles. The van der Waals surface area contributed by atoms with Crippen LogP contribution in [0.3, 0.4) is 0 Å². The molecule has 1 N–H and O–H groups in total. The van der Waals surface area contributed by atoms with Gasteiger partial charge in [0.05, 0.1) is 34.4 Å². The smallest absolute Gasteiger partial charge is 0.237 e. The molecule has 166 valence electrons. The highest BCUT2D eigenvalue weighted by Gasteiger charge is 2.73. The molecule has 0 spiro atoms. The summed E-state index contributed by atoms with van der Waals surface area (Å²) in [5.74, 6) is 0.804. The average Bonchev–Trinajstić information content (AvgIpc) is 3.04. The Morgan fingerprint density at radius 2 is 1.56 bits per heavy atom. The number of nitrogens with one attached hydrogen (secondary N) is 1. The van der Waals surface area contributed by atoms with Crippen LogP contribution in [-0.4, -0.2) is 22.5 Å². The monoisotopic (exact) mass is 429 g/mol. The molecule has 1 heterocycles. The zero-order valence-electron chi connectivity index (χ0n) is 19.8. The van der Waals surface area contributed by atoms with E-state index >= 15 is 0 Å². The van der Waals surface area contributed by atoms with Gasteiger partial charge in [0.25, 0.3) is 0 Å². The van der Waals surface area contributed by atoms with Crippen LogP contribution in [0.15, 0.2) is 36.4 Å². The summed E-state index contributed by atoms with van der Waals surface area (Å²) in [7, 11) is 0. The third-order valence-electron chi connectivity index (χ3n) is 8.46. The number of ether oxygens (including phenoxy) is 1. The zero-order chi connectivity index (χ0) is 22.9. The van der Waals surface area contributed by atoms with Crippen molar-refractivity contribution in [1.82, 2.24) is 9.97 Å². The Balaban J connectivity index is 1.62. The van der Waals surface area contributed by atoms with E-state index in [9.17, 15) is 4.79 Å². The molecule has 5 nitrogen and oxygen atoms in total. The van der Waals surface area contributed by atoms with E-state index in [1.54, 1.807) is 0 Å². The summed E-state index contributed by atoms with van der Waals surface area (Å²) in [5, 5.41) is 3.19. The van der Waals surface area contributed by atoms with Gasteiger partial charge >= 0.3 is 0 Å². The minimum absolute atomic E-state index is 0.00613. The molecule has 2 atom stereocenters. The SMILES string of the molecule is CCOc1ccc(NC(=O)C23CCC(C)(c4nc5cc(C)c(C)cc5nc42)C3(C)C)cc1. The second-order valence-electron chi connectivity index (χ2n) is 10.1. The summed E-state index contributed by atoms with van der Waals surface area (Å²) >= 11 is 0. The van der Waals surface area contributed by atoms with Crippen molar-refractivity contribution in [1.29, 1.82) is 0 Å². The molecule has 2 unspecified atom stereocenters. The van der Waals surface area contributed by atoms with Crippen molar-refractivity contribution in [2.24, 2.45) is 5.41 Å². The maximum absolute atomic E-state index is 14.0. The normalized spacial score (nSPS) is 25.1. The quantitative estimate of drug-likeness (QED) is 0.585. The van der Waals surface area contributed by atoms with Crippen LogP contribution in [0.4, 0.5) is 5.69 Å². The maximum atomic E-state index is 14.0. The summed E-state index contributed by atoms with van der Waals surface area (Å²) in [4.78, 5) is 24.2. The van der Waals surface area contributed by atoms with E-state index in [2.05, 4.69) is 52.1 Å². The lowest BCUT2D eigenvalue weighted by Gasteiger charge is -2.39.